The second kappa shape index (κ2) is 25.9. The molecule has 113 heavy (non-hydrogen) atoms. The molecule has 0 bridgehead atoms. The second-order valence-corrected chi connectivity index (χ2v) is 35.1. The molecule has 3 nitrogen and oxygen atoms in total. The zero-order valence-electron chi connectivity index (χ0n) is 68.0. The van der Waals surface area contributed by atoms with E-state index in [0.717, 1.165) is 187 Å². The van der Waals surface area contributed by atoms with E-state index in [2.05, 4.69) is 404 Å². The third kappa shape index (κ3) is 11.0. The van der Waals surface area contributed by atoms with E-state index >= 15 is 0 Å². The van der Waals surface area contributed by atoms with E-state index in [4.69, 9.17) is 0 Å². The van der Waals surface area contributed by atoms with Crippen LogP contribution in [0.4, 0.5) is 34.1 Å². The molecule has 0 fully saturated rings. The van der Waals surface area contributed by atoms with Crippen molar-refractivity contribution in [2.45, 2.75) is 78.6 Å². The van der Waals surface area contributed by atoms with Crippen LogP contribution in [0.15, 0.2) is 346 Å². The SMILES string of the molecule is [2H]c1c([2H])c(-n2c3ccccc3c3cc4ccc5cccc6ccc(c4c56)c32)c([2H])c2c1B1c3sc4cc(-c5c(-c6ccccc6)cccc5-c5ccccc5)ccc4c3N(c3c(-c4ccccc4)cc(C(C)(C)C)cc3-c3ccccc3)c3cc(C(C)(C)C)cc(c31)N2c1c(-c2ccccc2)cc(C(C)(C)C)cc1-c1ccccc1. The van der Waals surface area contributed by atoms with Gasteiger partial charge in [-0.25, -0.2) is 0 Å². The second-order valence-electron chi connectivity index (χ2n) is 34.0. The number of fused-ring (bicyclic) bond motifs is 10. The number of benzene rings is 17. The maximum Gasteiger partial charge on any atom is 0.264 e. The molecule has 0 spiro atoms. The number of hydrogen-bond acceptors (Lipinski definition) is 3. The van der Waals surface area contributed by atoms with E-state index in [1.165, 1.54) is 10.9 Å². The molecule has 0 unspecified atom stereocenters. The van der Waals surface area contributed by atoms with Crippen molar-refractivity contribution in [3.8, 4) is 83.6 Å². The Morgan fingerprint density at radius 2 is 0.752 bits per heavy atom. The van der Waals surface area contributed by atoms with Gasteiger partial charge in [0.05, 0.1) is 32.2 Å². The molecule has 0 radical (unpaired) electrons. The van der Waals surface area contributed by atoms with Crippen LogP contribution in [0.25, 0.3) is 148 Å². The number of aromatic nitrogens is 1. The van der Waals surface area contributed by atoms with Gasteiger partial charge in [0, 0.05) is 76.0 Å². The quantitative estimate of drug-likeness (QED) is 0.0999. The van der Waals surface area contributed by atoms with Crippen LogP contribution < -0.4 is 25.5 Å². The summed E-state index contributed by atoms with van der Waals surface area (Å²) in [6.45, 7) is 20.2. The van der Waals surface area contributed by atoms with Crippen LogP contribution in [0.3, 0.4) is 0 Å². The molecule has 0 atom stereocenters. The molecule has 540 valence electrons. The van der Waals surface area contributed by atoms with Crippen LogP contribution in [0, 0.1) is 0 Å². The number of anilines is 6. The third-order valence-electron chi connectivity index (χ3n) is 24.0. The highest BCUT2D eigenvalue weighted by molar-refractivity contribution is 7.33. The Balaban J connectivity index is 0.971. The molecule has 0 saturated heterocycles. The highest BCUT2D eigenvalue weighted by Gasteiger charge is 2.48. The first kappa shape index (κ1) is 65.0. The van der Waals surface area contributed by atoms with Gasteiger partial charge in [-0.05, 0) is 193 Å². The topological polar surface area (TPSA) is 11.4 Å². The maximum atomic E-state index is 12.1. The lowest BCUT2D eigenvalue weighted by Gasteiger charge is -2.46. The first-order chi connectivity index (χ1) is 56.2. The molecule has 21 rings (SSSR count). The molecule has 0 N–H and O–H groups in total. The predicted octanol–water partition coefficient (Wildman–Crippen LogP) is 28.5. The van der Waals surface area contributed by atoms with Crippen molar-refractivity contribution >= 4 is 132 Å². The summed E-state index contributed by atoms with van der Waals surface area (Å²) in [6.07, 6.45) is 0. The average Bonchev–Trinajstić information content (AvgIpc) is 1.16. The van der Waals surface area contributed by atoms with Crippen molar-refractivity contribution in [2.75, 3.05) is 9.80 Å². The fraction of sp³-hybridized carbons (Fsp3) is 0.111. The normalized spacial score (nSPS) is 13.3. The summed E-state index contributed by atoms with van der Waals surface area (Å²) >= 11 is 1.79. The van der Waals surface area contributed by atoms with E-state index < -0.39 is 12.1 Å². The lowest BCUT2D eigenvalue weighted by atomic mass is 9.36. The van der Waals surface area contributed by atoms with Crippen LogP contribution in [-0.4, -0.2) is 11.3 Å². The summed E-state index contributed by atoms with van der Waals surface area (Å²) in [4.78, 5) is 5.11. The van der Waals surface area contributed by atoms with Gasteiger partial charge < -0.3 is 14.4 Å². The summed E-state index contributed by atoms with van der Waals surface area (Å²) in [5.74, 6) is 0. The van der Waals surface area contributed by atoms with Crippen molar-refractivity contribution in [3.05, 3.63) is 362 Å². The zero-order chi connectivity index (χ0) is 78.9. The highest BCUT2D eigenvalue weighted by atomic mass is 32.1. The van der Waals surface area contributed by atoms with Crippen molar-refractivity contribution in [3.63, 3.8) is 0 Å². The van der Waals surface area contributed by atoms with Gasteiger partial charge in [-0.15, -0.1) is 11.3 Å². The van der Waals surface area contributed by atoms with Gasteiger partial charge in [-0.1, -0.05) is 341 Å². The van der Waals surface area contributed by atoms with Gasteiger partial charge >= 0.3 is 0 Å². The van der Waals surface area contributed by atoms with Gasteiger partial charge in [-0.2, -0.15) is 0 Å². The maximum absolute atomic E-state index is 12.1. The molecule has 0 aliphatic carbocycles. The monoisotopic (exact) mass is 1470 g/mol. The summed E-state index contributed by atoms with van der Waals surface area (Å²) in [5.41, 5.74) is 26.7. The first-order valence-corrected chi connectivity index (χ1v) is 40.5. The minimum Gasteiger partial charge on any atom is -0.310 e. The van der Waals surface area contributed by atoms with E-state index in [9.17, 15) is 4.11 Å². The first-order valence-electron chi connectivity index (χ1n) is 41.2. The molecule has 4 heterocycles. The Labute approximate surface area is 670 Å². The predicted molar refractivity (Wildman–Crippen MR) is 488 cm³/mol. The molecule has 19 aromatic rings. The molecule has 2 aromatic heterocycles. The van der Waals surface area contributed by atoms with Gasteiger partial charge in [0.15, 0.2) is 0 Å². The lowest BCUT2D eigenvalue weighted by Crippen LogP contribution is -2.60. The third-order valence-corrected chi connectivity index (χ3v) is 25.2. The number of hydrogen-bond donors (Lipinski definition) is 0. The Kier molecular flexibility index (Phi) is 14.9. The van der Waals surface area contributed by atoms with Gasteiger partial charge in [0.25, 0.3) is 6.71 Å². The Morgan fingerprint density at radius 3 is 1.27 bits per heavy atom. The minimum absolute atomic E-state index is 0.0122. The van der Waals surface area contributed by atoms with Crippen molar-refractivity contribution in [1.29, 1.82) is 0 Å². The summed E-state index contributed by atoms with van der Waals surface area (Å²) < 4.78 is 39.7. The molecule has 2 aliphatic heterocycles. The minimum atomic E-state index is -0.696. The molecular formula is C108H84BN3S. The van der Waals surface area contributed by atoms with E-state index in [1.807, 2.05) is 0 Å². The largest absolute Gasteiger partial charge is 0.310 e. The van der Waals surface area contributed by atoms with Crippen LogP contribution in [0.5, 0.6) is 0 Å². The van der Waals surface area contributed by atoms with Crippen LogP contribution in [0.1, 0.15) is 83.1 Å². The van der Waals surface area contributed by atoms with Crippen molar-refractivity contribution in [1.82, 2.24) is 4.57 Å². The Hall–Kier alpha value is -12.8. The molecule has 2 aliphatic rings. The Morgan fingerprint density at radius 1 is 0.319 bits per heavy atom. The molecular weight excluding hydrogens is 1380 g/mol. The highest BCUT2D eigenvalue weighted by Crippen LogP contribution is 2.58. The average molecular weight is 1470 g/mol. The van der Waals surface area contributed by atoms with Crippen LogP contribution in [-0.2, 0) is 16.2 Å². The van der Waals surface area contributed by atoms with Crippen molar-refractivity contribution in [2.24, 2.45) is 0 Å². The van der Waals surface area contributed by atoms with Gasteiger partial charge in [0.1, 0.15) is 0 Å². The summed E-state index contributed by atoms with van der Waals surface area (Å²) in [5, 5.41) is 9.89. The van der Waals surface area contributed by atoms with E-state index in [-0.39, 0.29) is 29.0 Å². The standard InChI is InChI=1S/C108H84BN3S/c1-106(2,3)77-60-86(69-36-20-12-21-37-69)102(87(61-77)70-38-22-13-23-39-70)111-93-66-80(110-92-49-29-28-46-83(92)90-58-75-51-50-73-44-30-45-74-52-56-85(101(90)110)99(75)97(73)74)54-57-91(93)109-100-94(111)64-79(108(7,8)9)65-95(100)112(103-88(71-40-24-14-25-41-71)62-78(107(4,5)6)63-89(103)72-42-26-15-27-43-72)104-84-55-53-76(59-96(84)113-105(104)109)98-81(67-32-16-10-17-33-67)47-31-48-82(98)68-34-18-11-19-35-68/h10-66H,1-9H3/i54D,57D,66D. The fourth-order valence-corrected chi connectivity index (χ4v) is 19.8. The fourth-order valence-electron chi connectivity index (χ4n) is 18.4. The van der Waals surface area contributed by atoms with Crippen molar-refractivity contribution < 1.29 is 4.11 Å². The smallest absolute Gasteiger partial charge is 0.264 e. The van der Waals surface area contributed by atoms with Crippen LogP contribution >= 0.6 is 11.3 Å². The number of rotatable bonds is 10. The van der Waals surface area contributed by atoms with E-state index in [1.54, 1.807) is 11.3 Å². The molecule has 5 heteroatoms. The summed E-state index contributed by atoms with van der Waals surface area (Å²) in [7, 11) is 0. The molecule has 0 amide bonds. The molecule has 0 saturated carbocycles. The zero-order valence-corrected chi connectivity index (χ0v) is 65.8. The number of para-hydroxylation sites is 1. The van der Waals surface area contributed by atoms with Gasteiger partial charge in [0.2, 0.25) is 0 Å². The summed E-state index contributed by atoms with van der Waals surface area (Å²) in [6, 6.07) is 121. The number of thiophene rings is 1. The number of nitrogens with zero attached hydrogens (tertiary/aromatic N) is 3. The Bertz CT molecular complexity index is 7020. The molecule has 17 aromatic carbocycles. The van der Waals surface area contributed by atoms with E-state index in [0.29, 0.717) is 16.8 Å². The van der Waals surface area contributed by atoms with Crippen LogP contribution in [0.2, 0.25) is 0 Å². The van der Waals surface area contributed by atoms with Gasteiger partial charge in [-0.3, -0.25) is 0 Å². The lowest BCUT2D eigenvalue weighted by molar-refractivity contribution is 0.590.